The van der Waals surface area contributed by atoms with Crippen molar-refractivity contribution in [3.63, 3.8) is 0 Å². The SMILES string of the molecule is Cc1cncc(C2CCCCCC2CNCC(C)C)c1. The van der Waals surface area contributed by atoms with Crippen molar-refractivity contribution in [2.45, 2.75) is 58.8 Å². The predicted octanol–water partition coefficient (Wildman–Crippen LogP) is 4.30. The van der Waals surface area contributed by atoms with Crippen LogP contribution in [0.15, 0.2) is 18.5 Å². The van der Waals surface area contributed by atoms with Crippen LogP contribution in [0, 0.1) is 18.8 Å². The van der Waals surface area contributed by atoms with Crippen molar-refractivity contribution < 1.29 is 0 Å². The Bertz CT molecular complexity index is 400. The highest BCUT2D eigenvalue weighted by atomic mass is 14.9. The van der Waals surface area contributed by atoms with Crippen LogP contribution >= 0.6 is 0 Å². The van der Waals surface area contributed by atoms with E-state index in [9.17, 15) is 0 Å². The third-order valence-electron chi connectivity index (χ3n) is 4.44. The summed E-state index contributed by atoms with van der Waals surface area (Å²) in [6.07, 6.45) is 10.9. The maximum Gasteiger partial charge on any atom is 0.0303 e. The number of pyridine rings is 1. The number of nitrogens with zero attached hydrogens (tertiary/aromatic N) is 1. The molecule has 1 N–H and O–H groups in total. The fourth-order valence-corrected chi connectivity index (χ4v) is 3.41. The molecule has 2 heteroatoms. The zero-order valence-electron chi connectivity index (χ0n) is 13.4. The van der Waals surface area contributed by atoms with Crippen LogP contribution in [-0.4, -0.2) is 18.1 Å². The molecule has 2 rings (SSSR count). The lowest BCUT2D eigenvalue weighted by atomic mass is 9.82. The van der Waals surface area contributed by atoms with Gasteiger partial charge in [-0.15, -0.1) is 0 Å². The van der Waals surface area contributed by atoms with Crippen molar-refractivity contribution in [1.82, 2.24) is 10.3 Å². The second kappa shape index (κ2) is 7.78. The Hall–Kier alpha value is -0.890. The van der Waals surface area contributed by atoms with Crippen LogP contribution in [0.25, 0.3) is 0 Å². The minimum atomic E-state index is 0.699. The van der Waals surface area contributed by atoms with Gasteiger partial charge < -0.3 is 5.32 Å². The van der Waals surface area contributed by atoms with E-state index >= 15 is 0 Å². The first-order valence-electron chi connectivity index (χ1n) is 8.29. The van der Waals surface area contributed by atoms with E-state index in [4.69, 9.17) is 0 Å². The van der Waals surface area contributed by atoms with Crippen LogP contribution in [0.3, 0.4) is 0 Å². The van der Waals surface area contributed by atoms with Gasteiger partial charge in [0.25, 0.3) is 0 Å². The number of hydrogen-bond acceptors (Lipinski definition) is 2. The molecular formula is C18H30N2. The Labute approximate surface area is 124 Å². The summed E-state index contributed by atoms with van der Waals surface area (Å²) >= 11 is 0. The van der Waals surface area contributed by atoms with Gasteiger partial charge in [-0.3, -0.25) is 4.98 Å². The number of nitrogens with one attached hydrogen (secondary N) is 1. The summed E-state index contributed by atoms with van der Waals surface area (Å²) in [5.41, 5.74) is 2.75. The Morgan fingerprint density at radius 1 is 1.20 bits per heavy atom. The Kier molecular flexibility index (Phi) is 6.03. The minimum Gasteiger partial charge on any atom is -0.316 e. The molecule has 2 atom stereocenters. The molecule has 1 fully saturated rings. The summed E-state index contributed by atoms with van der Waals surface area (Å²) < 4.78 is 0. The van der Waals surface area contributed by atoms with E-state index in [0.717, 1.165) is 24.9 Å². The standard InChI is InChI=1S/C18H30N2/c1-14(2)10-19-12-16-7-5-4-6-8-18(16)17-9-15(3)11-20-13-17/h9,11,13-14,16,18-19H,4-8,10,12H2,1-3H3. The van der Waals surface area contributed by atoms with Gasteiger partial charge in [-0.2, -0.15) is 0 Å². The van der Waals surface area contributed by atoms with Crippen molar-refractivity contribution >= 4 is 0 Å². The van der Waals surface area contributed by atoms with Gasteiger partial charge in [0, 0.05) is 12.4 Å². The molecular weight excluding hydrogens is 244 g/mol. The molecule has 1 heterocycles. The van der Waals surface area contributed by atoms with Crippen molar-refractivity contribution in [3.8, 4) is 0 Å². The first-order valence-corrected chi connectivity index (χ1v) is 8.29. The summed E-state index contributed by atoms with van der Waals surface area (Å²) in [6.45, 7) is 9.01. The van der Waals surface area contributed by atoms with Crippen molar-refractivity contribution in [2.24, 2.45) is 11.8 Å². The van der Waals surface area contributed by atoms with Gasteiger partial charge in [-0.05, 0) is 61.7 Å². The summed E-state index contributed by atoms with van der Waals surface area (Å²) in [6, 6.07) is 2.35. The lowest BCUT2D eigenvalue weighted by Gasteiger charge is -2.26. The number of aromatic nitrogens is 1. The fraction of sp³-hybridized carbons (Fsp3) is 0.722. The van der Waals surface area contributed by atoms with E-state index in [1.165, 1.54) is 43.2 Å². The Morgan fingerprint density at radius 3 is 2.75 bits per heavy atom. The Morgan fingerprint density at radius 2 is 2.00 bits per heavy atom. The molecule has 1 aliphatic rings. The largest absolute Gasteiger partial charge is 0.316 e. The molecule has 0 saturated heterocycles. The van der Waals surface area contributed by atoms with Gasteiger partial charge in [-0.1, -0.05) is 39.2 Å². The smallest absolute Gasteiger partial charge is 0.0303 e. The molecule has 1 aromatic heterocycles. The maximum absolute atomic E-state index is 4.41. The predicted molar refractivity (Wildman–Crippen MR) is 86.0 cm³/mol. The van der Waals surface area contributed by atoms with E-state index < -0.39 is 0 Å². The summed E-state index contributed by atoms with van der Waals surface area (Å²) in [4.78, 5) is 4.41. The lowest BCUT2D eigenvalue weighted by Crippen LogP contribution is -2.29. The second-order valence-electron chi connectivity index (χ2n) is 6.85. The molecule has 2 nitrogen and oxygen atoms in total. The number of hydrogen-bond donors (Lipinski definition) is 1. The lowest BCUT2D eigenvalue weighted by molar-refractivity contribution is 0.366. The number of aryl methyl sites for hydroxylation is 1. The fourth-order valence-electron chi connectivity index (χ4n) is 3.41. The molecule has 0 bridgehead atoms. The highest BCUT2D eigenvalue weighted by Gasteiger charge is 2.25. The van der Waals surface area contributed by atoms with Gasteiger partial charge in [0.1, 0.15) is 0 Å². The zero-order chi connectivity index (χ0) is 14.4. The van der Waals surface area contributed by atoms with Crippen LogP contribution in [0.5, 0.6) is 0 Å². The van der Waals surface area contributed by atoms with E-state index in [-0.39, 0.29) is 0 Å². The highest BCUT2D eigenvalue weighted by Crippen LogP contribution is 2.36. The third-order valence-corrected chi connectivity index (χ3v) is 4.44. The molecule has 0 radical (unpaired) electrons. The summed E-state index contributed by atoms with van der Waals surface area (Å²) in [5, 5.41) is 3.68. The van der Waals surface area contributed by atoms with Crippen LogP contribution < -0.4 is 5.32 Å². The normalized spacial score (nSPS) is 23.8. The molecule has 0 amide bonds. The van der Waals surface area contributed by atoms with E-state index in [1.54, 1.807) is 0 Å². The van der Waals surface area contributed by atoms with Gasteiger partial charge in [0.05, 0.1) is 0 Å². The quantitative estimate of drug-likeness (QED) is 0.810. The van der Waals surface area contributed by atoms with Crippen LogP contribution in [0.2, 0.25) is 0 Å². The topological polar surface area (TPSA) is 24.9 Å². The van der Waals surface area contributed by atoms with E-state index in [1.807, 2.05) is 6.20 Å². The second-order valence-corrected chi connectivity index (χ2v) is 6.85. The van der Waals surface area contributed by atoms with E-state index in [2.05, 4.69) is 43.3 Å². The molecule has 1 aromatic rings. The first-order chi connectivity index (χ1) is 9.66. The highest BCUT2D eigenvalue weighted by molar-refractivity contribution is 5.21. The molecule has 0 aromatic carbocycles. The van der Waals surface area contributed by atoms with Gasteiger partial charge in [0.2, 0.25) is 0 Å². The summed E-state index contributed by atoms with van der Waals surface area (Å²) in [7, 11) is 0. The zero-order valence-corrected chi connectivity index (χ0v) is 13.4. The van der Waals surface area contributed by atoms with Crippen LogP contribution in [-0.2, 0) is 0 Å². The molecule has 112 valence electrons. The van der Waals surface area contributed by atoms with Crippen molar-refractivity contribution in [2.75, 3.05) is 13.1 Å². The minimum absolute atomic E-state index is 0.699. The molecule has 1 aliphatic carbocycles. The number of rotatable bonds is 5. The van der Waals surface area contributed by atoms with Crippen molar-refractivity contribution in [3.05, 3.63) is 29.6 Å². The van der Waals surface area contributed by atoms with Crippen molar-refractivity contribution in [1.29, 1.82) is 0 Å². The molecule has 1 saturated carbocycles. The third kappa shape index (κ3) is 4.59. The van der Waals surface area contributed by atoms with Gasteiger partial charge >= 0.3 is 0 Å². The molecule has 0 spiro atoms. The Balaban J connectivity index is 2.04. The average Bonchev–Trinajstić information content (AvgIpc) is 2.64. The van der Waals surface area contributed by atoms with Gasteiger partial charge in [0.15, 0.2) is 0 Å². The average molecular weight is 274 g/mol. The van der Waals surface area contributed by atoms with Crippen LogP contribution in [0.1, 0.15) is 63.0 Å². The molecule has 20 heavy (non-hydrogen) atoms. The molecule has 2 unspecified atom stereocenters. The maximum atomic E-state index is 4.41. The van der Waals surface area contributed by atoms with Gasteiger partial charge in [-0.25, -0.2) is 0 Å². The summed E-state index contributed by atoms with van der Waals surface area (Å²) in [5.74, 6) is 2.21. The van der Waals surface area contributed by atoms with E-state index in [0.29, 0.717) is 5.92 Å². The monoisotopic (exact) mass is 274 g/mol. The first kappa shape index (κ1) is 15.5. The molecule has 0 aliphatic heterocycles. The van der Waals surface area contributed by atoms with Crippen LogP contribution in [0.4, 0.5) is 0 Å².